The van der Waals surface area contributed by atoms with Crippen LogP contribution in [0, 0.1) is 0 Å². The summed E-state index contributed by atoms with van der Waals surface area (Å²) in [5.74, 6) is -17.7. The Labute approximate surface area is 268 Å². The minimum Gasteiger partial charge on any atom is -0.481 e. The lowest BCUT2D eigenvalue weighted by molar-refractivity contribution is -0.145. The summed E-state index contributed by atoms with van der Waals surface area (Å²) in [5.41, 5.74) is 5.37. The van der Waals surface area contributed by atoms with Gasteiger partial charge in [0.1, 0.15) is 30.2 Å². The summed E-state index contributed by atoms with van der Waals surface area (Å²) in [6.07, 6.45) is -5.80. The number of carbonyl (C=O) groups excluding carboxylic acids is 5. The molecule has 5 amide bonds. The topological polar surface area (TPSA) is 395 Å². The third-order valence-electron chi connectivity index (χ3n) is 5.58. The summed E-state index contributed by atoms with van der Waals surface area (Å²) in [5, 5.41) is 63.7. The summed E-state index contributed by atoms with van der Waals surface area (Å²) in [6.45, 7) is 0. The molecular formula is C23H32N6O17S. The van der Waals surface area contributed by atoms with Gasteiger partial charge in [0.25, 0.3) is 0 Å². The molecule has 0 aliphatic carbocycles. The van der Waals surface area contributed by atoms with Gasteiger partial charge in [0, 0.05) is 5.75 Å². The maximum Gasteiger partial charge on any atom is 0.327 e. The minimum absolute atomic E-state index is 0.463. The van der Waals surface area contributed by atoms with Gasteiger partial charge < -0.3 is 63.0 Å². The average Bonchev–Trinajstić information content (AvgIpc) is 2.92. The van der Waals surface area contributed by atoms with Gasteiger partial charge in [-0.1, -0.05) is 0 Å². The molecule has 0 heterocycles. The molecule has 262 valence electrons. The molecule has 0 bridgehead atoms. The molecule has 0 aromatic rings. The fourth-order valence-electron chi connectivity index (χ4n) is 3.37. The zero-order valence-corrected chi connectivity index (χ0v) is 24.8. The van der Waals surface area contributed by atoms with E-state index in [1.165, 1.54) is 0 Å². The van der Waals surface area contributed by atoms with Crippen LogP contribution in [0.1, 0.15) is 32.1 Å². The van der Waals surface area contributed by atoms with Gasteiger partial charge in [0.2, 0.25) is 29.5 Å². The van der Waals surface area contributed by atoms with Crippen LogP contribution in [0.25, 0.3) is 0 Å². The number of thiol groups is 1. The smallest absolute Gasteiger partial charge is 0.327 e. The molecule has 0 unspecified atom stereocenters. The highest BCUT2D eigenvalue weighted by molar-refractivity contribution is 7.80. The number of hydrogen-bond acceptors (Lipinski definition) is 13. The first-order valence-electron chi connectivity index (χ1n) is 12.9. The normalized spacial score (nSPS) is 14.3. The van der Waals surface area contributed by atoms with E-state index in [-0.39, 0.29) is 0 Å². The van der Waals surface area contributed by atoms with Crippen molar-refractivity contribution in [1.29, 1.82) is 0 Å². The van der Waals surface area contributed by atoms with Crippen molar-refractivity contribution in [2.75, 3.05) is 5.75 Å². The number of amides is 5. The SMILES string of the molecule is N[C@@H](CC(=O)O)C(=O)N[C@@H](CC(=O)O)C(=O)N[C@@H](CC(=O)O)C(=O)N[C@@H](CC(=O)O)C(=O)N[C@@H](CC(=O)O)C(=O)N[C@@H](CS)C(=O)O. The monoisotopic (exact) mass is 696 g/mol. The molecule has 0 aliphatic heterocycles. The van der Waals surface area contributed by atoms with Crippen LogP contribution in [-0.4, -0.2) is 138 Å². The second-order valence-electron chi connectivity index (χ2n) is 9.42. The van der Waals surface area contributed by atoms with E-state index >= 15 is 0 Å². The molecule has 0 aliphatic rings. The van der Waals surface area contributed by atoms with Crippen LogP contribution < -0.4 is 32.3 Å². The van der Waals surface area contributed by atoms with Gasteiger partial charge in [0.05, 0.1) is 38.1 Å². The molecule has 6 atom stereocenters. The Bertz CT molecular complexity index is 1280. The van der Waals surface area contributed by atoms with Crippen molar-refractivity contribution in [3.63, 3.8) is 0 Å². The van der Waals surface area contributed by atoms with Crippen molar-refractivity contribution in [2.45, 2.75) is 68.4 Å². The van der Waals surface area contributed by atoms with Crippen LogP contribution >= 0.6 is 12.6 Å². The molecule has 0 saturated carbocycles. The number of aliphatic carboxylic acids is 6. The fraction of sp³-hybridized carbons (Fsp3) is 0.522. The Kier molecular flexibility index (Phi) is 17.5. The average molecular weight is 697 g/mol. The zero-order valence-electron chi connectivity index (χ0n) is 23.9. The zero-order chi connectivity index (χ0) is 36.6. The first-order chi connectivity index (χ1) is 21.7. The summed E-state index contributed by atoms with van der Waals surface area (Å²) in [4.78, 5) is 131. The van der Waals surface area contributed by atoms with Gasteiger partial charge in [-0.3, -0.25) is 47.9 Å². The number of nitrogens with two attached hydrogens (primary N) is 1. The number of carboxylic acid groups (broad SMARTS) is 6. The molecule has 0 fully saturated rings. The third kappa shape index (κ3) is 16.4. The van der Waals surface area contributed by atoms with Crippen LogP contribution in [-0.2, 0) is 52.7 Å². The lowest BCUT2D eigenvalue weighted by Crippen LogP contribution is -2.60. The molecule has 0 rings (SSSR count). The largest absolute Gasteiger partial charge is 0.481 e. The fourth-order valence-corrected chi connectivity index (χ4v) is 3.62. The molecular weight excluding hydrogens is 664 g/mol. The van der Waals surface area contributed by atoms with Crippen molar-refractivity contribution in [2.24, 2.45) is 5.73 Å². The second-order valence-corrected chi connectivity index (χ2v) is 9.79. The summed E-state index contributed by atoms with van der Waals surface area (Å²) in [7, 11) is 0. The standard InChI is InChI=1S/C23H32N6O17S/c24-7(1-13(30)31)18(40)25-8(2-14(32)33)19(41)26-9(3-15(34)35)20(42)27-10(4-16(36)37)21(43)28-11(5-17(38)39)22(44)29-12(6-47)23(45)46/h7-12,47H,1-6,24H2,(H,25,40)(H,26,41)(H,27,42)(H,28,43)(H,29,44)(H,30,31)(H,32,33)(H,34,35)(H,36,37)(H,38,39)(H,45,46)/t7-,8-,9-,10-,11-,12-/m0/s1. The molecule has 0 aromatic carbocycles. The predicted octanol–water partition coefficient (Wildman–Crippen LogP) is -5.87. The summed E-state index contributed by atoms with van der Waals surface area (Å²) in [6, 6.07) is -11.8. The molecule has 13 N–H and O–H groups in total. The maximum atomic E-state index is 13.0. The first kappa shape index (κ1) is 41.5. The number of carboxylic acids is 6. The summed E-state index contributed by atoms with van der Waals surface area (Å²) >= 11 is 3.72. The number of nitrogens with one attached hydrogen (secondary N) is 5. The Morgan fingerprint density at radius 2 is 0.660 bits per heavy atom. The maximum absolute atomic E-state index is 13.0. The van der Waals surface area contributed by atoms with Crippen molar-refractivity contribution in [3.05, 3.63) is 0 Å². The molecule has 0 saturated heterocycles. The molecule has 23 nitrogen and oxygen atoms in total. The van der Waals surface area contributed by atoms with Crippen molar-refractivity contribution in [1.82, 2.24) is 26.6 Å². The van der Waals surface area contributed by atoms with E-state index in [2.05, 4.69) is 12.6 Å². The van der Waals surface area contributed by atoms with E-state index in [0.717, 1.165) is 0 Å². The van der Waals surface area contributed by atoms with Gasteiger partial charge in [-0.15, -0.1) is 0 Å². The molecule has 0 radical (unpaired) electrons. The van der Waals surface area contributed by atoms with E-state index in [1.807, 2.05) is 21.3 Å². The Morgan fingerprint density at radius 1 is 0.426 bits per heavy atom. The van der Waals surface area contributed by atoms with E-state index < -0.39 is 139 Å². The Balaban J connectivity index is 6.14. The second kappa shape index (κ2) is 19.8. The number of carbonyl (C=O) groups is 11. The van der Waals surface area contributed by atoms with Crippen LogP contribution in [0.15, 0.2) is 0 Å². The van der Waals surface area contributed by atoms with Crippen LogP contribution in [0.5, 0.6) is 0 Å². The van der Waals surface area contributed by atoms with Gasteiger partial charge in [0.15, 0.2) is 0 Å². The first-order valence-corrected chi connectivity index (χ1v) is 13.5. The predicted molar refractivity (Wildman–Crippen MR) is 150 cm³/mol. The number of hydrogen-bond donors (Lipinski definition) is 13. The van der Waals surface area contributed by atoms with Gasteiger partial charge in [-0.25, -0.2) is 4.79 Å². The highest BCUT2D eigenvalue weighted by atomic mass is 32.1. The van der Waals surface area contributed by atoms with Crippen LogP contribution in [0.2, 0.25) is 0 Å². The van der Waals surface area contributed by atoms with Crippen molar-refractivity contribution in [3.8, 4) is 0 Å². The highest BCUT2D eigenvalue weighted by Crippen LogP contribution is 2.04. The molecule has 0 aromatic heterocycles. The van der Waals surface area contributed by atoms with Crippen molar-refractivity contribution < 1.29 is 83.4 Å². The lowest BCUT2D eigenvalue weighted by Gasteiger charge is -2.25. The quantitative estimate of drug-likeness (QED) is 0.0468. The Morgan fingerprint density at radius 3 is 0.872 bits per heavy atom. The molecule has 0 spiro atoms. The van der Waals surface area contributed by atoms with Gasteiger partial charge in [-0.05, 0) is 0 Å². The molecule has 24 heteroatoms. The molecule has 47 heavy (non-hydrogen) atoms. The van der Waals surface area contributed by atoms with Crippen LogP contribution in [0.3, 0.4) is 0 Å². The van der Waals surface area contributed by atoms with E-state index in [1.54, 1.807) is 5.32 Å². The highest BCUT2D eigenvalue weighted by Gasteiger charge is 2.35. The van der Waals surface area contributed by atoms with E-state index in [4.69, 9.17) is 26.2 Å². The van der Waals surface area contributed by atoms with E-state index in [0.29, 0.717) is 0 Å². The van der Waals surface area contributed by atoms with Crippen molar-refractivity contribution >= 4 is 78.0 Å². The Hall–Kier alpha value is -5.52. The third-order valence-corrected chi connectivity index (χ3v) is 5.94. The van der Waals surface area contributed by atoms with E-state index in [9.17, 15) is 63.0 Å². The van der Waals surface area contributed by atoms with Gasteiger partial charge >= 0.3 is 35.8 Å². The lowest BCUT2D eigenvalue weighted by atomic mass is 10.1. The minimum atomic E-state index is -2.19. The number of rotatable bonds is 22. The van der Waals surface area contributed by atoms with Gasteiger partial charge in [-0.2, -0.15) is 12.6 Å². The summed E-state index contributed by atoms with van der Waals surface area (Å²) < 4.78 is 0. The van der Waals surface area contributed by atoms with Crippen LogP contribution in [0.4, 0.5) is 0 Å².